The minimum Gasteiger partial charge on any atom is -0.497 e. The topological polar surface area (TPSA) is 63.7 Å². The van der Waals surface area contributed by atoms with Crippen LogP contribution in [0.2, 0.25) is 0 Å². The first kappa shape index (κ1) is 14.6. The van der Waals surface area contributed by atoms with Gasteiger partial charge in [0.15, 0.2) is 9.84 Å². The molecule has 108 valence electrons. The third-order valence-corrected chi connectivity index (χ3v) is 4.54. The van der Waals surface area contributed by atoms with Crippen LogP contribution in [0, 0.1) is 0 Å². The maximum Gasteiger partial charge on any atom is 0.227 e. The fraction of sp³-hybridized carbons (Fsp3) is 0.357. The van der Waals surface area contributed by atoms with Gasteiger partial charge in [-0.15, -0.1) is 0 Å². The van der Waals surface area contributed by atoms with E-state index in [0.717, 1.165) is 0 Å². The number of ether oxygens (including phenoxy) is 1. The number of sulfone groups is 1. The number of benzene rings is 1. The van der Waals surface area contributed by atoms with E-state index in [9.17, 15) is 13.2 Å². The molecule has 0 aliphatic carbocycles. The predicted octanol–water partition coefficient (Wildman–Crippen LogP) is 1.75. The van der Waals surface area contributed by atoms with Gasteiger partial charge in [-0.3, -0.25) is 4.79 Å². The van der Waals surface area contributed by atoms with Crippen molar-refractivity contribution in [3.8, 4) is 5.75 Å². The first-order chi connectivity index (χ1) is 9.46. The molecule has 1 aliphatic rings. The van der Waals surface area contributed by atoms with Crippen LogP contribution in [0.1, 0.15) is 13.3 Å². The highest BCUT2D eigenvalue weighted by Gasteiger charge is 2.30. The highest BCUT2D eigenvalue weighted by Crippen LogP contribution is 2.25. The molecule has 0 saturated heterocycles. The van der Waals surface area contributed by atoms with Gasteiger partial charge in [0.2, 0.25) is 5.91 Å². The number of methoxy groups -OCH3 is 1. The fourth-order valence-electron chi connectivity index (χ4n) is 2.15. The Labute approximate surface area is 118 Å². The van der Waals surface area contributed by atoms with Gasteiger partial charge in [0.05, 0.1) is 18.9 Å². The van der Waals surface area contributed by atoms with Crippen molar-refractivity contribution < 1.29 is 17.9 Å². The Morgan fingerprint density at radius 3 is 2.45 bits per heavy atom. The van der Waals surface area contributed by atoms with Gasteiger partial charge in [-0.05, 0) is 30.3 Å². The number of amides is 1. The van der Waals surface area contributed by atoms with Crippen LogP contribution in [-0.2, 0) is 14.6 Å². The van der Waals surface area contributed by atoms with E-state index < -0.39 is 15.9 Å². The number of anilines is 1. The molecule has 0 N–H and O–H groups in total. The number of hydrogen-bond donors (Lipinski definition) is 0. The third kappa shape index (κ3) is 3.01. The van der Waals surface area contributed by atoms with Crippen molar-refractivity contribution in [2.24, 2.45) is 0 Å². The molecule has 1 heterocycles. The SMILES string of the molecule is CCC(=O)N(c1ccc(OC)cc1)C1C=CS(=O)(=O)C1. The van der Waals surface area contributed by atoms with Crippen molar-refractivity contribution >= 4 is 21.4 Å². The number of nitrogens with zero attached hydrogens (tertiary/aromatic N) is 1. The summed E-state index contributed by atoms with van der Waals surface area (Å²) in [5, 5.41) is 1.18. The lowest BCUT2D eigenvalue weighted by atomic mass is 10.2. The first-order valence-electron chi connectivity index (χ1n) is 6.34. The lowest BCUT2D eigenvalue weighted by Gasteiger charge is -2.27. The van der Waals surface area contributed by atoms with Crippen molar-refractivity contribution in [1.82, 2.24) is 0 Å². The van der Waals surface area contributed by atoms with E-state index in [1.807, 2.05) is 0 Å². The zero-order valence-corrected chi connectivity index (χ0v) is 12.3. The molecule has 1 aromatic rings. The highest BCUT2D eigenvalue weighted by atomic mass is 32.2. The second-order valence-electron chi connectivity index (χ2n) is 4.54. The molecule has 0 radical (unpaired) electrons. The second kappa shape index (κ2) is 5.66. The molecular formula is C14H17NO4S. The molecule has 1 aliphatic heterocycles. The van der Waals surface area contributed by atoms with Crippen LogP contribution in [0.15, 0.2) is 35.7 Å². The van der Waals surface area contributed by atoms with Crippen molar-refractivity contribution in [3.05, 3.63) is 35.7 Å². The van der Waals surface area contributed by atoms with Gasteiger partial charge in [-0.25, -0.2) is 8.42 Å². The summed E-state index contributed by atoms with van der Waals surface area (Å²) < 4.78 is 28.2. The Hall–Kier alpha value is -1.82. The Kier molecular flexibility index (Phi) is 4.13. The number of hydrogen-bond acceptors (Lipinski definition) is 4. The molecule has 6 heteroatoms. The standard InChI is InChI=1S/C14H17NO4S/c1-3-14(16)15(12-8-9-20(17,18)10-12)11-4-6-13(19-2)7-5-11/h4-9,12H,3,10H2,1-2H3. The summed E-state index contributed by atoms with van der Waals surface area (Å²) in [4.78, 5) is 13.7. The van der Waals surface area contributed by atoms with Crippen LogP contribution >= 0.6 is 0 Å². The van der Waals surface area contributed by atoms with Crippen molar-refractivity contribution in [1.29, 1.82) is 0 Å². The van der Waals surface area contributed by atoms with Gasteiger partial charge in [-0.1, -0.05) is 6.92 Å². The van der Waals surface area contributed by atoms with Gasteiger partial charge in [0.1, 0.15) is 5.75 Å². The van der Waals surface area contributed by atoms with E-state index in [2.05, 4.69) is 0 Å². The maximum absolute atomic E-state index is 12.1. The van der Waals surface area contributed by atoms with E-state index >= 15 is 0 Å². The normalized spacial score (nSPS) is 19.8. The van der Waals surface area contributed by atoms with Gasteiger partial charge in [0, 0.05) is 17.5 Å². The van der Waals surface area contributed by atoms with Gasteiger partial charge >= 0.3 is 0 Å². The zero-order chi connectivity index (χ0) is 14.8. The molecule has 5 nitrogen and oxygen atoms in total. The molecular weight excluding hydrogens is 278 g/mol. The molecule has 0 aromatic heterocycles. The molecule has 0 fully saturated rings. The van der Waals surface area contributed by atoms with Crippen molar-refractivity contribution in [3.63, 3.8) is 0 Å². The molecule has 1 amide bonds. The Morgan fingerprint density at radius 1 is 1.35 bits per heavy atom. The lowest BCUT2D eigenvalue weighted by molar-refractivity contribution is -0.118. The largest absolute Gasteiger partial charge is 0.497 e. The average molecular weight is 295 g/mol. The minimum atomic E-state index is -3.20. The number of carbonyl (C=O) groups is 1. The maximum atomic E-state index is 12.1. The molecule has 1 unspecified atom stereocenters. The Balaban J connectivity index is 2.33. The summed E-state index contributed by atoms with van der Waals surface area (Å²) in [7, 11) is -1.64. The van der Waals surface area contributed by atoms with E-state index in [4.69, 9.17) is 4.74 Å². The molecule has 2 rings (SSSR count). The first-order valence-corrected chi connectivity index (χ1v) is 8.05. The van der Waals surface area contributed by atoms with Crippen LogP contribution in [0.5, 0.6) is 5.75 Å². The number of carbonyl (C=O) groups excluding carboxylic acids is 1. The summed E-state index contributed by atoms with van der Waals surface area (Å²) >= 11 is 0. The van der Waals surface area contributed by atoms with Crippen LogP contribution in [0.3, 0.4) is 0 Å². The highest BCUT2D eigenvalue weighted by molar-refractivity contribution is 7.94. The van der Waals surface area contributed by atoms with Crippen LogP contribution in [0.25, 0.3) is 0 Å². The molecule has 0 bridgehead atoms. The summed E-state index contributed by atoms with van der Waals surface area (Å²) in [6.45, 7) is 1.76. The molecule has 0 spiro atoms. The fourth-order valence-corrected chi connectivity index (χ4v) is 3.42. The zero-order valence-electron chi connectivity index (χ0n) is 11.4. The molecule has 0 saturated carbocycles. The summed E-state index contributed by atoms with van der Waals surface area (Å²) in [6.07, 6.45) is 1.88. The summed E-state index contributed by atoms with van der Waals surface area (Å²) in [5.74, 6) is 0.513. The van der Waals surface area contributed by atoms with Crippen LogP contribution < -0.4 is 9.64 Å². The van der Waals surface area contributed by atoms with E-state index in [0.29, 0.717) is 17.9 Å². The Bertz CT molecular complexity index is 619. The van der Waals surface area contributed by atoms with E-state index in [1.165, 1.54) is 10.3 Å². The molecule has 1 atom stereocenters. The van der Waals surface area contributed by atoms with E-state index in [1.54, 1.807) is 44.4 Å². The molecule has 20 heavy (non-hydrogen) atoms. The molecule has 1 aromatic carbocycles. The minimum absolute atomic E-state index is 0.0647. The lowest BCUT2D eigenvalue weighted by Crippen LogP contribution is -2.40. The van der Waals surface area contributed by atoms with Crippen molar-refractivity contribution in [2.75, 3.05) is 17.8 Å². The van der Waals surface area contributed by atoms with Crippen molar-refractivity contribution in [2.45, 2.75) is 19.4 Å². The smallest absolute Gasteiger partial charge is 0.227 e. The summed E-state index contributed by atoms with van der Waals surface area (Å²) in [5.41, 5.74) is 0.671. The van der Waals surface area contributed by atoms with Gasteiger partial charge in [0.25, 0.3) is 0 Å². The van der Waals surface area contributed by atoms with Gasteiger partial charge < -0.3 is 9.64 Å². The number of rotatable bonds is 4. The van der Waals surface area contributed by atoms with Crippen LogP contribution in [-0.4, -0.2) is 33.2 Å². The monoisotopic (exact) mass is 295 g/mol. The van der Waals surface area contributed by atoms with E-state index in [-0.39, 0.29) is 11.7 Å². The quantitative estimate of drug-likeness (QED) is 0.849. The second-order valence-corrected chi connectivity index (χ2v) is 6.47. The Morgan fingerprint density at radius 2 is 2.00 bits per heavy atom. The third-order valence-electron chi connectivity index (χ3n) is 3.16. The summed E-state index contributed by atoms with van der Waals surface area (Å²) in [6, 6.07) is 6.56. The predicted molar refractivity (Wildman–Crippen MR) is 77.5 cm³/mol. The van der Waals surface area contributed by atoms with Crippen LogP contribution in [0.4, 0.5) is 5.69 Å². The average Bonchev–Trinajstić information content (AvgIpc) is 2.79. The van der Waals surface area contributed by atoms with Gasteiger partial charge in [-0.2, -0.15) is 0 Å².